The summed E-state index contributed by atoms with van der Waals surface area (Å²) in [6, 6.07) is 2.80. The SMILES string of the molecule is CCn1nc(C)cc1CC(C)(C)CCNC(C)C. The number of rotatable bonds is 7. The molecule has 0 amide bonds. The van der Waals surface area contributed by atoms with Crippen LogP contribution in [0.1, 0.15) is 52.4 Å². The molecule has 0 saturated heterocycles. The third-order valence-corrected chi connectivity index (χ3v) is 3.30. The highest BCUT2D eigenvalue weighted by Gasteiger charge is 2.20. The molecule has 3 heteroatoms. The molecule has 1 aromatic heterocycles. The molecule has 0 saturated carbocycles. The van der Waals surface area contributed by atoms with Crippen LogP contribution in [0, 0.1) is 12.3 Å². The van der Waals surface area contributed by atoms with Crippen molar-refractivity contribution >= 4 is 0 Å². The maximum absolute atomic E-state index is 4.52. The van der Waals surface area contributed by atoms with E-state index in [0.29, 0.717) is 11.5 Å². The van der Waals surface area contributed by atoms with Crippen molar-refractivity contribution in [3.8, 4) is 0 Å². The second kappa shape index (κ2) is 6.37. The van der Waals surface area contributed by atoms with Gasteiger partial charge in [0.05, 0.1) is 5.69 Å². The first-order valence-electron chi connectivity index (χ1n) is 7.11. The number of nitrogens with zero attached hydrogens (tertiary/aromatic N) is 2. The molecule has 0 unspecified atom stereocenters. The maximum atomic E-state index is 4.52. The Morgan fingerprint density at radius 1 is 1.39 bits per heavy atom. The van der Waals surface area contributed by atoms with Crippen molar-refractivity contribution in [3.63, 3.8) is 0 Å². The van der Waals surface area contributed by atoms with Gasteiger partial charge in [0.25, 0.3) is 0 Å². The first kappa shape index (κ1) is 15.2. The van der Waals surface area contributed by atoms with Gasteiger partial charge in [-0.2, -0.15) is 5.10 Å². The van der Waals surface area contributed by atoms with Gasteiger partial charge >= 0.3 is 0 Å². The van der Waals surface area contributed by atoms with E-state index in [-0.39, 0.29) is 0 Å². The Kier molecular flexibility index (Phi) is 5.39. The van der Waals surface area contributed by atoms with Gasteiger partial charge in [-0.15, -0.1) is 0 Å². The number of nitrogens with one attached hydrogen (secondary N) is 1. The predicted octanol–water partition coefficient (Wildman–Crippen LogP) is 3.17. The molecule has 0 aliphatic carbocycles. The topological polar surface area (TPSA) is 29.9 Å². The quantitative estimate of drug-likeness (QED) is 0.806. The molecule has 0 aliphatic rings. The van der Waals surface area contributed by atoms with Crippen LogP contribution in [0.15, 0.2) is 6.07 Å². The zero-order chi connectivity index (χ0) is 13.8. The van der Waals surface area contributed by atoms with Crippen LogP contribution in [-0.4, -0.2) is 22.4 Å². The van der Waals surface area contributed by atoms with E-state index in [1.165, 1.54) is 12.1 Å². The predicted molar refractivity (Wildman–Crippen MR) is 77.9 cm³/mol. The average Bonchev–Trinajstić information content (AvgIpc) is 2.56. The lowest BCUT2D eigenvalue weighted by Gasteiger charge is -2.25. The lowest BCUT2D eigenvalue weighted by atomic mass is 9.84. The van der Waals surface area contributed by atoms with Crippen molar-refractivity contribution in [3.05, 3.63) is 17.5 Å². The smallest absolute Gasteiger partial charge is 0.0596 e. The van der Waals surface area contributed by atoms with Crippen LogP contribution in [0.25, 0.3) is 0 Å². The van der Waals surface area contributed by atoms with E-state index in [4.69, 9.17) is 0 Å². The molecule has 18 heavy (non-hydrogen) atoms. The van der Waals surface area contributed by atoms with Gasteiger partial charge in [0.1, 0.15) is 0 Å². The van der Waals surface area contributed by atoms with E-state index < -0.39 is 0 Å². The molecule has 0 aliphatic heterocycles. The van der Waals surface area contributed by atoms with Crippen LogP contribution in [0.5, 0.6) is 0 Å². The number of hydrogen-bond donors (Lipinski definition) is 1. The average molecular weight is 251 g/mol. The molecule has 0 aromatic carbocycles. The fourth-order valence-electron chi connectivity index (χ4n) is 2.29. The Bertz CT molecular complexity index is 364. The summed E-state index contributed by atoms with van der Waals surface area (Å²) < 4.78 is 2.13. The van der Waals surface area contributed by atoms with Crippen LogP contribution < -0.4 is 5.32 Å². The van der Waals surface area contributed by atoms with Gasteiger partial charge < -0.3 is 5.32 Å². The second-order valence-electron chi connectivity index (χ2n) is 6.29. The van der Waals surface area contributed by atoms with Crippen molar-refractivity contribution in [2.24, 2.45) is 5.41 Å². The summed E-state index contributed by atoms with van der Waals surface area (Å²) >= 11 is 0. The summed E-state index contributed by atoms with van der Waals surface area (Å²) in [5.41, 5.74) is 2.81. The molecule has 0 atom stereocenters. The third-order valence-electron chi connectivity index (χ3n) is 3.30. The Morgan fingerprint density at radius 2 is 2.06 bits per heavy atom. The van der Waals surface area contributed by atoms with E-state index in [1.807, 2.05) is 0 Å². The van der Waals surface area contributed by atoms with E-state index in [0.717, 1.165) is 25.2 Å². The molecule has 1 heterocycles. The summed E-state index contributed by atoms with van der Waals surface area (Å²) in [5.74, 6) is 0. The van der Waals surface area contributed by atoms with Crippen LogP contribution in [0.3, 0.4) is 0 Å². The zero-order valence-corrected chi connectivity index (χ0v) is 12.9. The first-order chi connectivity index (χ1) is 8.34. The minimum absolute atomic E-state index is 0.321. The van der Waals surface area contributed by atoms with Crippen molar-refractivity contribution in [1.82, 2.24) is 15.1 Å². The molecule has 0 bridgehead atoms. The van der Waals surface area contributed by atoms with Gasteiger partial charge in [-0.1, -0.05) is 27.7 Å². The fourth-order valence-corrected chi connectivity index (χ4v) is 2.29. The summed E-state index contributed by atoms with van der Waals surface area (Å²) in [4.78, 5) is 0. The number of aromatic nitrogens is 2. The number of aryl methyl sites for hydroxylation is 2. The summed E-state index contributed by atoms with van der Waals surface area (Å²) in [5, 5.41) is 8.02. The molecular weight excluding hydrogens is 222 g/mol. The first-order valence-corrected chi connectivity index (χ1v) is 7.11. The molecule has 1 rings (SSSR count). The Balaban J connectivity index is 2.58. The Labute approximate surface area is 112 Å². The van der Waals surface area contributed by atoms with E-state index >= 15 is 0 Å². The lowest BCUT2D eigenvalue weighted by molar-refractivity contribution is 0.312. The van der Waals surface area contributed by atoms with Gasteiger partial charge in [0.2, 0.25) is 0 Å². The van der Waals surface area contributed by atoms with E-state index in [9.17, 15) is 0 Å². The van der Waals surface area contributed by atoms with Crippen LogP contribution >= 0.6 is 0 Å². The molecule has 3 nitrogen and oxygen atoms in total. The Hall–Kier alpha value is -0.830. The van der Waals surface area contributed by atoms with Crippen molar-refractivity contribution in [1.29, 1.82) is 0 Å². The van der Waals surface area contributed by atoms with Crippen molar-refractivity contribution < 1.29 is 0 Å². The van der Waals surface area contributed by atoms with Crippen LogP contribution in [-0.2, 0) is 13.0 Å². The second-order valence-corrected chi connectivity index (χ2v) is 6.29. The highest BCUT2D eigenvalue weighted by atomic mass is 15.3. The van der Waals surface area contributed by atoms with Gasteiger partial charge in [0, 0.05) is 18.3 Å². The number of hydrogen-bond acceptors (Lipinski definition) is 2. The molecular formula is C15H29N3. The molecule has 0 spiro atoms. The highest BCUT2D eigenvalue weighted by Crippen LogP contribution is 2.26. The van der Waals surface area contributed by atoms with Crippen molar-refractivity contribution in [2.45, 2.75) is 67.0 Å². The minimum Gasteiger partial charge on any atom is -0.315 e. The summed E-state index contributed by atoms with van der Waals surface area (Å²) in [6.07, 6.45) is 2.29. The van der Waals surface area contributed by atoms with E-state index in [2.05, 4.69) is 62.7 Å². The van der Waals surface area contributed by atoms with Crippen molar-refractivity contribution in [2.75, 3.05) is 6.54 Å². The highest BCUT2D eigenvalue weighted by molar-refractivity contribution is 5.10. The Morgan fingerprint density at radius 3 is 2.61 bits per heavy atom. The standard InChI is InChI=1S/C15H29N3/c1-7-18-14(10-13(4)17-18)11-15(5,6)8-9-16-12(2)3/h10,12,16H,7-9,11H2,1-6H3. The minimum atomic E-state index is 0.321. The monoisotopic (exact) mass is 251 g/mol. The lowest BCUT2D eigenvalue weighted by Crippen LogP contribution is -2.29. The van der Waals surface area contributed by atoms with Gasteiger partial charge in [0.15, 0.2) is 0 Å². The molecule has 104 valence electrons. The van der Waals surface area contributed by atoms with Crippen LogP contribution in [0.2, 0.25) is 0 Å². The maximum Gasteiger partial charge on any atom is 0.0596 e. The molecule has 0 radical (unpaired) electrons. The fraction of sp³-hybridized carbons (Fsp3) is 0.800. The van der Waals surface area contributed by atoms with Crippen LogP contribution in [0.4, 0.5) is 0 Å². The largest absolute Gasteiger partial charge is 0.315 e. The zero-order valence-electron chi connectivity index (χ0n) is 12.9. The van der Waals surface area contributed by atoms with Gasteiger partial charge in [-0.05, 0) is 44.7 Å². The third kappa shape index (κ3) is 4.81. The normalized spacial score (nSPS) is 12.4. The molecule has 1 N–H and O–H groups in total. The van der Waals surface area contributed by atoms with Gasteiger partial charge in [-0.3, -0.25) is 4.68 Å². The summed E-state index contributed by atoms with van der Waals surface area (Å²) in [7, 11) is 0. The van der Waals surface area contributed by atoms with Gasteiger partial charge in [-0.25, -0.2) is 0 Å². The summed E-state index contributed by atoms with van der Waals surface area (Å²) in [6.45, 7) is 15.4. The van der Waals surface area contributed by atoms with E-state index in [1.54, 1.807) is 0 Å². The molecule has 1 aromatic rings. The molecule has 0 fully saturated rings.